The van der Waals surface area contributed by atoms with E-state index in [9.17, 15) is 8.42 Å². The van der Waals surface area contributed by atoms with Crippen LogP contribution in [0.1, 0.15) is 45.1 Å². The second-order valence-corrected chi connectivity index (χ2v) is 7.73. The fourth-order valence-corrected chi connectivity index (χ4v) is 4.17. The van der Waals surface area contributed by atoms with E-state index in [1.54, 1.807) is 12.1 Å². The van der Waals surface area contributed by atoms with Crippen molar-refractivity contribution in [3.8, 4) is 0 Å². The molecular formula is C16H26N2O2S. The summed E-state index contributed by atoms with van der Waals surface area (Å²) in [7, 11) is -3.39. The maximum absolute atomic E-state index is 12.4. The molecule has 0 saturated heterocycles. The normalized spacial score (nSPS) is 23.1. The molecule has 5 heteroatoms. The minimum Gasteiger partial charge on any atom is -0.313 e. The van der Waals surface area contributed by atoms with Crippen molar-refractivity contribution in [2.45, 2.75) is 57.0 Å². The van der Waals surface area contributed by atoms with E-state index in [2.05, 4.69) is 17.0 Å². The van der Waals surface area contributed by atoms with Gasteiger partial charge in [-0.2, -0.15) is 0 Å². The summed E-state index contributed by atoms with van der Waals surface area (Å²) >= 11 is 0. The SMILES string of the molecule is CCNCc1ccc(S(=O)(=O)NC2CCCC(C)C2)cc1. The highest BCUT2D eigenvalue weighted by molar-refractivity contribution is 7.89. The van der Waals surface area contributed by atoms with Crippen LogP contribution in [0, 0.1) is 5.92 Å². The van der Waals surface area contributed by atoms with E-state index in [1.165, 1.54) is 6.42 Å². The van der Waals surface area contributed by atoms with Gasteiger partial charge in [0.25, 0.3) is 0 Å². The molecule has 2 N–H and O–H groups in total. The first-order chi connectivity index (χ1) is 10.0. The Hall–Kier alpha value is -0.910. The van der Waals surface area contributed by atoms with Crippen molar-refractivity contribution >= 4 is 10.0 Å². The molecule has 2 atom stereocenters. The van der Waals surface area contributed by atoms with Crippen LogP contribution in [-0.4, -0.2) is 21.0 Å². The van der Waals surface area contributed by atoms with Crippen LogP contribution in [0.25, 0.3) is 0 Å². The molecule has 2 unspecified atom stereocenters. The molecule has 118 valence electrons. The molecule has 0 radical (unpaired) electrons. The van der Waals surface area contributed by atoms with E-state index in [4.69, 9.17) is 0 Å². The lowest BCUT2D eigenvalue weighted by molar-refractivity contribution is 0.327. The zero-order valence-corrected chi connectivity index (χ0v) is 13.7. The lowest BCUT2D eigenvalue weighted by Gasteiger charge is -2.27. The number of nitrogens with one attached hydrogen (secondary N) is 2. The maximum Gasteiger partial charge on any atom is 0.240 e. The minimum absolute atomic E-state index is 0.0835. The van der Waals surface area contributed by atoms with Gasteiger partial charge < -0.3 is 5.32 Å². The number of benzene rings is 1. The van der Waals surface area contributed by atoms with Crippen LogP contribution in [0.3, 0.4) is 0 Å². The van der Waals surface area contributed by atoms with Crippen molar-refractivity contribution in [1.29, 1.82) is 0 Å². The Labute approximate surface area is 128 Å². The molecule has 1 aliphatic rings. The van der Waals surface area contributed by atoms with Gasteiger partial charge in [-0.25, -0.2) is 13.1 Å². The van der Waals surface area contributed by atoms with Crippen LogP contribution in [0.5, 0.6) is 0 Å². The topological polar surface area (TPSA) is 58.2 Å². The van der Waals surface area contributed by atoms with Crippen molar-refractivity contribution in [1.82, 2.24) is 10.0 Å². The van der Waals surface area contributed by atoms with Crippen LogP contribution in [0.4, 0.5) is 0 Å². The number of sulfonamides is 1. The fraction of sp³-hybridized carbons (Fsp3) is 0.625. The van der Waals surface area contributed by atoms with Crippen molar-refractivity contribution in [3.63, 3.8) is 0 Å². The van der Waals surface area contributed by atoms with Crippen LogP contribution in [-0.2, 0) is 16.6 Å². The van der Waals surface area contributed by atoms with Gasteiger partial charge in [0.05, 0.1) is 4.90 Å². The molecule has 0 spiro atoms. The molecule has 2 rings (SSSR count). The first kappa shape index (κ1) is 16.5. The van der Waals surface area contributed by atoms with Crippen LogP contribution < -0.4 is 10.0 Å². The molecule has 1 saturated carbocycles. The van der Waals surface area contributed by atoms with E-state index in [-0.39, 0.29) is 6.04 Å². The summed E-state index contributed by atoms with van der Waals surface area (Å²) in [5.41, 5.74) is 1.10. The fourth-order valence-electron chi connectivity index (χ4n) is 2.88. The summed E-state index contributed by atoms with van der Waals surface area (Å²) in [5.74, 6) is 0.606. The highest BCUT2D eigenvalue weighted by Gasteiger charge is 2.24. The van der Waals surface area contributed by atoms with Crippen LogP contribution >= 0.6 is 0 Å². The average Bonchev–Trinajstić information content (AvgIpc) is 2.45. The first-order valence-electron chi connectivity index (χ1n) is 7.83. The molecule has 0 aromatic heterocycles. The third-order valence-electron chi connectivity index (χ3n) is 4.07. The van der Waals surface area contributed by atoms with Crippen molar-refractivity contribution < 1.29 is 8.42 Å². The molecule has 4 nitrogen and oxygen atoms in total. The Morgan fingerprint density at radius 2 is 1.90 bits per heavy atom. The Balaban J connectivity index is 2.01. The van der Waals surface area contributed by atoms with Gasteiger partial charge in [0.1, 0.15) is 0 Å². The second-order valence-electron chi connectivity index (χ2n) is 6.01. The van der Waals surface area contributed by atoms with E-state index < -0.39 is 10.0 Å². The van der Waals surface area contributed by atoms with Gasteiger partial charge in [0.15, 0.2) is 0 Å². The summed E-state index contributed by atoms with van der Waals surface area (Å²) in [6.07, 6.45) is 4.20. The van der Waals surface area contributed by atoms with Gasteiger partial charge in [0, 0.05) is 12.6 Å². The summed E-state index contributed by atoms with van der Waals surface area (Å²) in [6, 6.07) is 7.23. The average molecular weight is 310 g/mol. The Morgan fingerprint density at radius 1 is 1.19 bits per heavy atom. The van der Waals surface area contributed by atoms with E-state index in [0.717, 1.165) is 37.9 Å². The number of rotatable bonds is 6. The van der Waals surface area contributed by atoms with E-state index >= 15 is 0 Å². The molecule has 1 fully saturated rings. The third-order valence-corrected chi connectivity index (χ3v) is 5.61. The van der Waals surface area contributed by atoms with Crippen molar-refractivity contribution in [3.05, 3.63) is 29.8 Å². The number of hydrogen-bond donors (Lipinski definition) is 2. The Bertz CT molecular complexity index is 540. The third kappa shape index (κ3) is 4.80. The van der Waals surface area contributed by atoms with Gasteiger partial charge in [-0.1, -0.05) is 38.8 Å². The van der Waals surface area contributed by atoms with Crippen LogP contribution in [0.15, 0.2) is 29.2 Å². The van der Waals surface area contributed by atoms with Gasteiger partial charge in [0.2, 0.25) is 10.0 Å². The lowest BCUT2D eigenvalue weighted by Crippen LogP contribution is -2.37. The van der Waals surface area contributed by atoms with Gasteiger partial charge in [-0.05, 0) is 43.0 Å². The summed E-state index contributed by atoms with van der Waals surface area (Å²) in [4.78, 5) is 0.362. The molecule has 1 aromatic rings. The quantitative estimate of drug-likeness (QED) is 0.849. The summed E-state index contributed by atoms with van der Waals surface area (Å²) in [5, 5.41) is 3.23. The van der Waals surface area contributed by atoms with Gasteiger partial charge in [-0.3, -0.25) is 0 Å². The smallest absolute Gasteiger partial charge is 0.240 e. The molecule has 0 aliphatic heterocycles. The van der Waals surface area contributed by atoms with Gasteiger partial charge in [-0.15, -0.1) is 0 Å². The summed E-state index contributed by atoms with van der Waals surface area (Å²) in [6.45, 7) is 5.91. The predicted octanol–water partition coefficient (Wildman–Crippen LogP) is 2.65. The van der Waals surface area contributed by atoms with Crippen molar-refractivity contribution in [2.24, 2.45) is 5.92 Å². The predicted molar refractivity (Wildman–Crippen MR) is 85.6 cm³/mol. The lowest BCUT2D eigenvalue weighted by atomic mass is 9.88. The molecule has 1 aliphatic carbocycles. The highest BCUT2D eigenvalue weighted by atomic mass is 32.2. The number of hydrogen-bond acceptors (Lipinski definition) is 3. The molecule has 0 bridgehead atoms. The van der Waals surface area contributed by atoms with Gasteiger partial charge >= 0.3 is 0 Å². The van der Waals surface area contributed by atoms with E-state index in [0.29, 0.717) is 10.8 Å². The second kappa shape index (κ2) is 7.38. The molecule has 0 amide bonds. The monoisotopic (exact) mass is 310 g/mol. The Morgan fingerprint density at radius 3 is 2.52 bits per heavy atom. The zero-order chi connectivity index (χ0) is 15.3. The maximum atomic E-state index is 12.4. The minimum atomic E-state index is -3.39. The molecule has 21 heavy (non-hydrogen) atoms. The van der Waals surface area contributed by atoms with Crippen molar-refractivity contribution in [2.75, 3.05) is 6.54 Å². The summed E-state index contributed by atoms with van der Waals surface area (Å²) < 4.78 is 27.7. The standard InChI is InChI=1S/C16H26N2O2S/c1-3-17-12-14-7-9-16(10-8-14)21(19,20)18-15-6-4-5-13(2)11-15/h7-10,13,15,17-18H,3-6,11-12H2,1-2H3. The first-order valence-corrected chi connectivity index (χ1v) is 9.31. The largest absolute Gasteiger partial charge is 0.313 e. The van der Waals surface area contributed by atoms with E-state index in [1.807, 2.05) is 19.1 Å². The molecule has 0 heterocycles. The van der Waals surface area contributed by atoms with Crippen LogP contribution in [0.2, 0.25) is 0 Å². The highest BCUT2D eigenvalue weighted by Crippen LogP contribution is 2.25. The Kier molecular flexibility index (Phi) is 5.79. The zero-order valence-electron chi connectivity index (χ0n) is 12.9. The molecular weight excluding hydrogens is 284 g/mol. The molecule has 1 aromatic carbocycles.